The van der Waals surface area contributed by atoms with E-state index in [1.54, 1.807) is 6.92 Å². The normalized spacial score (nSPS) is 19.6. The number of carbonyl (C=O) groups is 5. The number of amides is 3. The zero-order valence-corrected chi connectivity index (χ0v) is 31.2. The molecule has 12 heteroatoms. The number of epoxide rings is 1. The summed E-state index contributed by atoms with van der Waals surface area (Å²) in [5, 5.41) is 8.64. The number of nitrogens with one attached hydrogen (secondary N) is 3. The second kappa shape index (κ2) is 19.6. The van der Waals surface area contributed by atoms with Crippen LogP contribution >= 0.6 is 0 Å². The Morgan fingerprint density at radius 1 is 0.750 bits per heavy atom. The number of aryl methyl sites for hydroxylation is 1. The molecule has 1 unspecified atom stereocenters. The lowest BCUT2D eigenvalue weighted by Crippen LogP contribution is -2.58. The summed E-state index contributed by atoms with van der Waals surface area (Å²) in [4.78, 5) is 70.2. The van der Waals surface area contributed by atoms with Crippen LogP contribution in [0.2, 0.25) is 0 Å². The van der Waals surface area contributed by atoms with Crippen LogP contribution in [-0.4, -0.2) is 104 Å². The van der Waals surface area contributed by atoms with Gasteiger partial charge < -0.3 is 30.2 Å². The van der Waals surface area contributed by atoms with Gasteiger partial charge in [-0.1, -0.05) is 88.4 Å². The second-order valence-corrected chi connectivity index (χ2v) is 14.9. The number of carbonyl (C=O) groups excluding carboxylic acids is 5. The van der Waals surface area contributed by atoms with E-state index in [1.807, 2.05) is 93.3 Å². The first-order valence-electron chi connectivity index (χ1n) is 18.5. The Hall–Kier alpha value is -4.13. The van der Waals surface area contributed by atoms with E-state index in [-0.39, 0.29) is 43.4 Å². The molecule has 0 bridgehead atoms. The van der Waals surface area contributed by atoms with Crippen molar-refractivity contribution in [1.29, 1.82) is 0 Å². The van der Waals surface area contributed by atoms with E-state index in [1.165, 1.54) is 0 Å². The number of morpholine rings is 1. The molecule has 0 aromatic heterocycles. The van der Waals surface area contributed by atoms with Gasteiger partial charge in [0, 0.05) is 19.5 Å². The molecule has 2 heterocycles. The number of benzene rings is 2. The van der Waals surface area contributed by atoms with E-state index in [0.717, 1.165) is 11.1 Å². The minimum atomic E-state index is -1.14. The van der Waals surface area contributed by atoms with E-state index in [9.17, 15) is 24.0 Å². The van der Waals surface area contributed by atoms with Gasteiger partial charge in [-0.2, -0.15) is 0 Å². The highest BCUT2D eigenvalue weighted by Gasteiger charge is 2.50. The Morgan fingerprint density at radius 2 is 1.27 bits per heavy atom. The number of Topliss-reactive ketones (excluding diaryl/α,β-unsaturated/α-hetero) is 1. The fourth-order valence-electron chi connectivity index (χ4n) is 6.22. The summed E-state index contributed by atoms with van der Waals surface area (Å²) in [6.45, 7) is 12.0. The lowest BCUT2D eigenvalue weighted by atomic mass is 9.93. The van der Waals surface area contributed by atoms with E-state index >= 15 is 0 Å². The summed E-state index contributed by atoms with van der Waals surface area (Å²) in [5.74, 6) is -2.27. The predicted octanol–water partition coefficient (Wildman–Crippen LogP) is 3.01. The fraction of sp³-hybridized carbons (Fsp3) is 0.575. The van der Waals surface area contributed by atoms with Crippen molar-refractivity contribution in [3.63, 3.8) is 0 Å². The molecule has 3 amide bonds. The fourth-order valence-corrected chi connectivity index (χ4v) is 6.22. The van der Waals surface area contributed by atoms with Crippen molar-refractivity contribution in [2.45, 2.75) is 96.6 Å². The highest BCUT2D eigenvalue weighted by Crippen LogP contribution is 2.29. The molecule has 2 saturated heterocycles. The molecule has 5 atom stereocenters. The third-order valence-electron chi connectivity index (χ3n) is 9.25. The largest absolute Gasteiger partial charge is 0.451 e. The minimum Gasteiger partial charge on any atom is -0.451 e. The molecule has 0 aliphatic carbocycles. The molecular weight excluding hydrogens is 664 g/mol. The average molecular weight is 721 g/mol. The first-order valence-corrected chi connectivity index (χ1v) is 18.5. The van der Waals surface area contributed by atoms with Crippen molar-refractivity contribution in [1.82, 2.24) is 20.9 Å². The molecule has 0 saturated carbocycles. The van der Waals surface area contributed by atoms with E-state index < -0.39 is 53.5 Å². The molecular formula is C40H56N4O8. The smallest absolute Gasteiger partial charge is 0.320 e. The Morgan fingerprint density at radius 3 is 1.85 bits per heavy atom. The molecule has 2 aromatic rings. The Balaban J connectivity index is 1.51. The molecule has 4 rings (SSSR count). The van der Waals surface area contributed by atoms with Gasteiger partial charge in [0.1, 0.15) is 17.7 Å². The van der Waals surface area contributed by atoms with Crippen molar-refractivity contribution in [3.8, 4) is 0 Å². The Bertz CT molecular complexity index is 1470. The maximum absolute atomic E-state index is 14.1. The third kappa shape index (κ3) is 13.1. The number of hydrogen-bond acceptors (Lipinski definition) is 9. The van der Waals surface area contributed by atoms with Crippen LogP contribution in [0.1, 0.15) is 65.0 Å². The van der Waals surface area contributed by atoms with Crippen molar-refractivity contribution in [2.24, 2.45) is 11.8 Å². The summed E-state index contributed by atoms with van der Waals surface area (Å²) in [5.41, 5.74) is 0.859. The predicted molar refractivity (Wildman–Crippen MR) is 196 cm³/mol. The van der Waals surface area contributed by atoms with Gasteiger partial charge in [-0.15, -0.1) is 0 Å². The van der Waals surface area contributed by atoms with Crippen LogP contribution in [0.4, 0.5) is 0 Å². The quantitative estimate of drug-likeness (QED) is 0.138. The van der Waals surface area contributed by atoms with Crippen LogP contribution in [0, 0.1) is 11.8 Å². The highest BCUT2D eigenvalue weighted by molar-refractivity contribution is 5.98. The zero-order chi connectivity index (χ0) is 37.7. The summed E-state index contributed by atoms with van der Waals surface area (Å²) < 4.78 is 16.6. The van der Waals surface area contributed by atoms with E-state index in [0.29, 0.717) is 45.8 Å². The van der Waals surface area contributed by atoms with Gasteiger partial charge in [0.05, 0.1) is 32.4 Å². The van der Waals surface area contributed by atoms with Crippen molar-refractivity contribution >= 4 is 29.5 Å². The first kappa shape index (κ1) is 40.6. The molecule has 284 valence electrons. The SMILES string of the molecule is CC(C)CC(NC(=O)[C@H](CCc1ccccc1)OC(=O)CN1CCOCC1)C(=O)N[C@@H](Cc1ccccc1)C(=O)N[C@@H](CC(C)C)C(=O)[C@@]1(C)CO1. The molecule has 3 N–H and O–H groups in total. The zero-order valence-electron chi connectivity index (χ0n) is 31.2. The van der Waals surface area contributed by atoms with Gasteiger partial charge in [-0.3, -0.25) is 28.9 Å². The Labute approximate surface area is 307 Å². The van der Waals surface area contributed by atoms with Crippen LogP contribution in [0.5, 0.6) is 0 Å². The summed E-state index contributed by atoms with van der Waals surface area (Å²) >= 11 is 0. The lowest BCUT2D eigenvalue weighted by Gasteiger charge is -2.28. The molecule has 0 spiro atoms. The number of nitrogens with zero attached hydrogens (tertiary/aromatic N) is 1. The average Bonchev–Trinajstić information content (AvgIpc) is 3.87. The number of ether oxygens (including phenoxy) is 3. The topological polar surface area (TPSA) is 156 Å². The highest BCUT2D eigenvalue weighted by atomic mass is 16.6. The number of ketones is 1. The number of esters is 1. The summed E-state index contributed by atoms with van der Waals surface area (Å²) in [7, 11) is 0. The van der Waals surface area contributed by atoms with Crippen molar-refractivity contribution in [2.75, 3.05) is 39.5 Å². The maximum Gasteiger partial charge on any atom is 0.320 e. The van der Waals surface area contributed by atoms with Crippen LogP contribution in [0.15, 0.2) is 60.7 Å². The van der Waals surface area contributed by atoms with Crippen LogP contribution < -0.4 is 16.0 Å². The molecule has 12 nitrogen and oxygen atoms in total. The van der Waals surface area contributed by atoms with Crippen LogP contribution in [0.25, 0.3) is 0 Å². The lowest BCUT2D eigenvalue weighted by molar-refractivity contribution is -0.158. The molecule has 52 heavy (non-hydrogen) atoms. The van der Waals surface area contributed by atoms with Gasteiger partial charge in [0.15, 0.2) is 11.9 Å². The van der Waals surface area contributed by atoms with Crippen molar-refractivity contribution < 1.29 is 38.2 Å². The summed E-state index contributed by atoms with van der Waals surface area (Å²) in [6.07, 6.45) is 0.396. The van der Waals surface area contributed by atoms with E-state index in [2.05, 4.69) is 16.0 Å². The summed E-state index contributed by atoms with van der Waals surface area (Å²) in [6, 6.07) is 16.0. The van der Waals surface area contributed by atoms with Crippen LogP contribution in [0.3, 0.4) is 0 Å². The molecule has 2 fully saturated rings. The second-order valence-electron chi connectivity index (χ2n) is 14.9. The van der Waals surface area contributed by atoms with Gasteiger partial charge in [0.25, 0.3) is 5.91 Å². The van der Waals surface area contributed by atoms with Gasteiger partial charge in [-0.25, -0.2) is 0 Å². The van der Waals surface area contributed by atoms with Crippen LogP contribution in [-0.2, 0) is 51.0 Å². The van der Waals surface area contributed by atoms with Crippen molar-refractivity contribution in [3.05, 3.63) is 71.8 Å². The minimum absolute atomic E-state index is 0.00332. The van der Waals surface area contributed by atoms with Gasteiger partial charge in [0.2, 0.25) is 11.8 Å². The molecule has 2 aliphatic heterocycles. The monoisotopic (exact) mass is 720 g/mol. The molecule has 2 aromatic carbocycles. The Kier molecular flexibility index (Phi) is 15.3. The van der Waals surface area contributed by atoms with Gasteiger partial charge >= 0.3 is 5.97 Å². The third-order valence-corrected chi connectivity index (χ3v) is 9.25. The van der Waals surface area contributed by atoms with E-state index in [4.69, 9.17) is 14.2 Å². The first-order chi connectivity index (χ1) is 24.8. The molecule has 0 radical (unpaired) electrons. The maximum atomic E-state index is 14.1. The standard InChI is InChI=1S/C40H56N4O8/c1-27(2)22-31(36(46)40(5)26-51-40)41-38(48)33(24-30-14-10-7-11-15-30)42-37(47)32(23-28(3)4)43-39(49)34(17-16-29-12-8-6-9-13-29)52-35(45)25-44-18-20-50-21-19-44/h6-15,27-28,31-34H,16-26H2,1-5H3,(H,41,48)(H,42,47)(H,43,49)/t31-,32?,33-,34-,40+/m0/s1. The molecule has 2 aliphatic rings. The van der Waals surface area contributed by atoms with Gasteiger partial charge in [-0.05, 0) is 55.6 Å². The number of hydrogen-bond donors (Lipinski definition) is 3. The number of rotatable bonds is 20.